The van der Waals surface area contributed by atoms with Crippen LogP contribution >= 0.6 is 11.3 Å². The van der Waals surface area contributed by atoms with Crippen molar-refractivity contribution in [3.05, 3.63) is 52.2 Å². The zero-order valence-corrected chi connectivity index (χ0v) is 17.1. The third-order valence-electron chi connectivity index (χ3n) is 4.45. The summed E-state index contributed by atoms with van der Waals surface area (Å²) in [7, 11) is -3.78. The normalized spacial score (nSPS) is 15.4. The molecule has 9 heteroatoms. The Morgan fingerprint density at radius 1 is 1.21 bits per heavy atom. The molecule has 1 fully saturated rings. The van der Waals surface area contributed by atoms with Crippen LogP contribution in [0.15, 0.2) is 46.7 Å². The number of amides is 1. The van der Waals surface area contributed by atoms with Crippen LogP contribution in [0.2, 0.25) is 0 Å². The number of hydrogen-bond donors (Lipinski definition) is 1. The third kappa shape index (κ3) is 4.98. The molecule has 7 nitrogen and oxygen atoms in total. The van der Waals surface area contributed by atoms with Gasteiger partial charge in [0.25, 0.3) is 5.91 Å². The third-order valence-corrected chi connectivity index (χ3v) is 6.72. The Labute approximate surface area is 168 Å². The summed E-state index contributed by atoms with van der Waals surface area (Å²) in [6.07, 6.45) is 0.984. The van der Waals surface area contributed by atoms with Crippen molar-refractivity contribution in [2.24, 2.45) is 0 Å². The minimum atomic E-state index is -3.78. The maximum absolute atomic E-state index is 12.5. The Hall–Kier alpha value is -2.23. The minimum absolute atomic E-state index is 0.0305. The van der Waals surface area contributed by atoms with Crippen LogP contribution in [0, 0.1) is 0 Å². The number of esters is 1. The molecule has 1 aromatic carbocycles. The van der Waals surface area contributed by atoms with Crippen LogP contribution in [0.5, 0.6) is 0 Å². The van der Waals surface area contributed by atoms with E-state index in [9.17, 15) is 18.0 Å². The Balaban J connectivity index is 1.66. The highest BCUT2D eigenvalue weighted by molar-refractivity contribution is 7.89. The van der Waals surface area contributed by atoms with Crippen molar-refractivity contribution in [3.63, 3.8) is 0 Å². The number of nitrogens with one attached hydrogen (secondary N) is 1. The van der Waals surface area contributed by atoms with Crippen LogP contribution in [-0.4, -0.2) is 44.4 Å². The maximum atomic E-state index is 12.5. The molecule has 0 saturated carbocycles. The number of nitrogens with zero attached hydrogens (tertiary/aromatic N) is 1. The molecule has 1 saturated heterocycles. The molecular formula is C19H22N2O5S2. The van der Waals surface area contributed by atoms with Gasteiger partial charge in [0.15, 0.2) is 6.10 Å². The molecular weight excluding hydrogens is 400 g/mol. The lowest BCUT2D eigenvalue weighted by Crippen LogP contribution is -2.38. The number of sulfonamides is 1. The van der Waals surface area contributed by atoms with Gasteiger partial charge in [0, 0.05) is 24.5 Å². The SMILES string of the molecule is CC(OC(=O)c1cccc(S(=O)(=O)NCc2cccs2)c1)C(=O)N1CCCC1. The van der Waals surface area contributed by atoms with Gasteiger partial charge in [0.1, 0.15) is 0 Å². The summed E-state index contributed by atoms with van der Waals surface area (Å²) in [5.74, 6) is -0.956. The van der Waals surface area contributed by atoms with E-state index in [1.54, 1.807) is 4.90 Å². The maximum Gasteiger partial charge on any atom is 0.338 e. The second-order valence-corrected chi connectivity index (χ2v) is 9.31. The van der Waals surface area contributed by atoms with E-state index in [1.165, 1.54) is 42.5 Å². The zero-order valence-electron chi connectivity index (χ0n) is 15.5. The lowest BCUT2D eigenvalue weighted by molar-refractivity contribution is -0.138. The van der Waals surface area contributed by atoms with Crippen molar-refractivity contribution in [3.8, 4) is 0 Å². The van der Waals surface area contributed by atoms with Gasteiger partial charge in [-0.2, -0.15) is 0 Å². The van der Waals surface area contributed by atoms with Gasteiger partial charge < -0.3 is 9.64 Å². The van der Waals surface area contributed by atoms with Crippen LogP contribution in [0.3, 0.4) is 0 Å². The summed E-state index contributed by atoms with van der Waals surface area (Å²) in [5.41, 5.74) is 0.0834. The number of thiophene rings is 1. The fourth-order valence-corrected chi connectivity index (χ4v) is 4.71. The molecule has 1 N–H and O–H groups in total. The van der Waals surface area contributed by atoms with Crippen molar-refractivity contribution in [2.75, 3.05) is 13.1 Å². The highest BCUT2D eigenvalue weighted by Gasteiger charge is 2.26. The molecule has 150 valence electrons. The summed E-state index contributed by atoms with van der Waals surface area (Å²) < 4.78 is 32.7. The van der Waals surface area contributed by atoms with Crippen molar-refractivity contribution < 1.29 is 22.7 Å². The van der Waals surface area contributed by atoms with Gasteiger partial charge in [-0.15, -0.1) is 11.3 Å². The summed E-state index contributed by atoms with van der Waals surface area (Å²) in [4.78, 5) is 27.2. The number of likely N-dealkylation sites (tertiary alicyclic amines) is 1. The first-order valence-corrected chi connectivity index (χ1v) is 11.3. The Kier molecular flexibility index (Phi) is 6.48. The van der Waals surface area contributed by atoms with Gasteiger partial charge in [0.05, 0.1) is 10.5 Å². The first-order chi connectivity index (χ1) is 13.4. The molecule has 0 spiro atoms. The topological polar surface area (TPSA) is 92.8 Å². The van der Waals surface area contributed by atoms with Crippen LogP contribution in [0.4, 0.5) is 0 Å². The Morgan fingerprint density at radius 3 is 2.64 bits per heavy atom. The molecule has 1 aliphatic rings. The van der Waals surface area contributed by atoms with Crippen molar-refractivity contribution >= 4 is 33.2 Å². The van der Waals surface area contributed by atoms with E-state index >= 15 is 0 Å². The first kappa shape index (κ1) is 20.5. The number of benzene rings is 1. The van der Waals surface area contributed by atoms with Crippen LogP contribution in [0.1, 0.15) is 35.0 Å². The van der Waals surface area contributed by atoms with E-state index in [2.05, 4.69) is 4.72 Å². The van der Waals surface area contributed by atoms with Crippen LogP contribution in [0.25, 0.3) is 0 Å². The van der Waals surface area contributed by atoms with Gasteiger partial charge in [-0.05, 0) is 49.4 Å². The lowest BCUT2D eigenvalue weighted by atomic mass is 10.2. The molecule has 0 bridgehead atoms. The molecule has 0 radical (unpaired) electrons. The highest BCUT2D eigenvalue weighted by Crippen LogP contribution is 2.16. The second kappa shape index (κ2) is 8.85. The summed E-state index contributed by atoms with van der Waals surface area (Å²) in [6, 6.07) is 9.28. The molecule has 1 unspecified atom stereocenters. The smallest absolute Gasteiger partial charge is 0.338 e. The second-order valence-electron chi connectivity index (χ2n) is 6.51. The van der Waals surface area contributed by atoms with E-state index in [1.807, 2.05) is 17.5 Å². The quantitative estimate of drug-likeness (QED) is 0.692. The molecule has 3 rings (SSSR count). The van der Waals surface area contributed by atoms with Gasteiger partial charge >= 0.3 is 5.97 Å². The number of rotatable bonds is 7. The Bertz CT molecular complexity index is 935. The predicted octanol–water partition coefficient (Wildman–Crippen LogP) is 2.39. The fourth-order valence-electron chi connectivity index (χ4n) is 2.93. The van der Waals surface area contributed by atoms with E-state index in [0.29, 0.717) is 13.1 Å². The minimum Gasteiger partial charge on any atom is -0.449 e. The molecule has 2 aromatic rings. The van der Waals surface area contributed by atoms with E-state index in [-0.39, 0.29) is 22.9 Å². The number of carbonyl (C=O) groups excluding carboxylic acids is 2. The van der Waals surface area contributed by atoms with Gasteiger partial charge in [-0.25, -0.2) is 17.9 Å². The molecule has 0 aliphatic carbocycles. The van der Waals surface area contributed by atoms with Gasteiger partial charge in [-0.3, -0.25) is 4.79 Å². The molecule has 1 amide bonds. The first-order valence-electron chi connectivity index (χ1n) is 8.99. The molecule has 1 aromatic heterocycles. The highest BCUT2D eigenvalue weighted by atomic mass is 32.2. The largest absolute Gasteiger partial charge is 0.449 e. The van der Waals surface area contributed by atoms with Crippen LogP contribution in [-0.2, 0) is 26.1 Å². The van der Waals surface area contributed by atoms with Gasteiger partial charge in [-0.1, -0.05) is 12.1 Å². The van der Waals surface area contributed by atoms with E-state index in [0.717, 1.165) is 17.7 Å². The van der Waals surface area contributed by atoms with Crippen molar-refractivity contribution in [1.29, 1.82) is 0 Å². The molecule has 1 atom stereocenters. The lowest BCUT2D eigenvalue weighted by Gasteiger charge is -2.20. The van der Waals surface area contributed by atoms with Crippen molar-refractivity contribution in [2.45, 2.75) is 37.3 Å². The fraction of sp³-hybridized carbons (Fsp3) is 0.368. The summed E-state index contributed by atoms with van der Waals surface area (Å²) in [5, 5.41) is 1.87. The van der Waals surface area contributed by atoms with E-state index in [4.69, 9.17) is 4.74 Å². The average molecular weight is 423 g/mol. The van der Waals surface area contributed by atoms with Crippen LogP contribution < -0.4 is 4.72 Å². The molecule has 28 heavy (non-hydrogen) atoms. The van der Waals surface area contributed by atoms with Crippen molar-refractivity contribution in [1.82, 2.24) is 9.62 Å². The van der Waals surface area contributed by atoms with Gasteiger partial charge in [0.2, 0.25) is 10.0 Å². The predicted molar refractivity (Wildman–Crippen MR) is 105 cm³/mol. The average Bonchev–Trinajstić information content (AvgIpc) is 3.39. The number of ether oxygens (including phenoxy) is 1. The molecule has 2 heterocycles. The summed E-state index contributed by atoms with van der Waals surface area (Å²) >= 11 is 1.45. The zero-order chi connectivity index (χ0) is 20.1. The number of carbonyl (C=O) groups is 2. The Morgan fingerprint density at radius 2 is 1.96 bits per heavy atom. The molecule has 1 aliphatic heterocycles. The standard InChI is InChI=1S/C19H22N2O5S2/c1-14(18(22)21-9-2-3-10-21)26-19(23)15-6-4-8-17(12-15)28(24,25)20-13-16-7-5-11-27-16/h4-8,11-12,14,20H,2-3,9-10,13H2,1H3. The summed E-state index contributed by atoms with van der Waals surface area (Å²) in [6.45, 7) is 3.05. The number of hydrogen-bond acceptors (Lipinski definition) is 6. The monoisotopic (exact) mass is 422 g/mol. The van der Waals surface area contributed by atoms with E-state index < -0.39 is 22.1 Å².